The van der Waals surface area contributed by atoms with Crippen LogP contribution in [0.5, 0.6) is 0 Å². The molecule has 0 amide bonds. The minimum Gasteiger partial charge on any atom is -0.410 e. The molecule has 0 saturated carbocycles. The lowest BCUT2D eigenvalue weighted by Gasteiger charge is -1.98. The summed E-state index contributed by atoms with van der Waals surface area (Å²) in [6.07, 6.45) is -4.92. The number of benzene rings is 1. The van der Waals surface area contributed by atoms with E-state index in [1.54, 1.807) is 0 Å². The molecule has 2 aromatic rings. The van der Waals surface area contributed by atoms with Crippen molar-refractivity contribution in [1.29, 1.82) is 0 Å². The molecular weight excluding hydrogens is 245 g/mol. The number of rotatable bonds is 1. The maximum atomic E-state index is 12.8. The normalized spacial score (nSPS) is 11.8. The molecule has 0 fully saturated rings. The van der Waals surface area contributed by atoms with Gasteiger partial charge in [-0.05, 0) is 24.3 Å². The van der Waals surface area contributed by atoms with Gasteiger partial charge in [-0.15, -0.1) is 0 Å². The van der Waals surface area contributed by atoms with Crippen LogP contribution in [-0.2, 0) is 6.18 Å². The van der Waals surface area contributed by atoms with Crippen LogP contribution in [0.3, 0.4) is 0 Å². The number of alkyl halides is 3. The molecule has 2 rings (SSSR count). The first-order chi connectivity index (χ1) is 7.88. The van der Waals surface area contributed by atoms with E-state index in [-0.39, 0.29) is 5.56 Å². The van der Waals surface area contributed by atoms with Gasteiger partial charge in [0.25, 0.3) is 0 Å². The van der Waals surface area contributed by atoms with Crippen molar-refractivity contribution in [2.45, 2.75) is 6.18 Å². The highest BCUT2D eigenvalue weighted by Crippen LogP contribution is 2.33. The van der Waals surface area contributed by atoms with Gasteiger partial charge in [-0.2, -0.15) is 17.6 Å². The molecule has 0 aliphatic carbocycles. The Balaban J connectivity index is 2.45. The first kappa shape index (κ1) is 11.6. The van der Waals surface area contributed by atoms with E-state index in [2.05, 4.69) is 9.40 Å². The summed E-state index contributed by atoms with van der Waals surface area (Å²) in [4.78, 5) is 2.99. The van der Waals surface area contributed by atoms with Crippen LogP contribution < -0.4 is 0 Å². The molecule has 2 nitrogen and oxygen atoms in total. The fourth-order valence-electron chi connectivity index (χ4n) is 1.19. The fraction of sp³-hybridized carbons (Fsp3) is 0.100. The third kappa shape index (κ3) is 2.27. The van der Waals surface area contributed by atoms with Gasteiger partial charge in [0.2, 0.25) is 11.6 Å². The second kappa shape index (κ2) is 3.83. The number of nitrogens with zero attached hydrogens (tertiary/aromatic N) is 1. The summed E-state index contributed by atoms with van der Waals surface area (Å²) in [5.74, 6) is -1.12. The zero-order chi connectivity index (χ0) is 12.6. The van der Waals surface area contributed by atoms with Gasteiger partial charge in [0.05, 0.1) is 0 Å². The van der Waals surface area contributed by atoms with Crippen LogP contribution in [0, 0.1) is 11.8 Å². The van der Waals surface area contributed by atoms with Crippen molar-refractivity contribution in [1.82, 2.24) is 4.98 Å². The topological polar surface area (TPSA) is 26.0 Å². The number of hydrogen-bond acceptors (Lipinski definition) is 2. The number of halogens is 5. The quantitative estimate of drug-likeness (QED) is 0.721. The zero-order valence-corrected chi connectivity index (χ0v) is 8.05. The molecule has 17 heavy (non-hydrogen) atoms. The van der Waals surface area contributed by atoms with Crippen molar-refractivity contribution in [3.05, 3.63) is 41.8 Å². The lowest BCUT2D eigenvalue weighted by molar-refractivity contribution is -0.144. The standard InChI is InChI=1S/C10H4F5NO/c11-6-3-1-5(2-4-6)9-16-7(8(12)17-9)10(13,14)15/h1-4H. The van der Waals surface area contributed by atoms with Gasteiger partial charge in [-0.3, -0.25) is 0 Å². The minimum absolute atomic E-state index is 0.0563. The van der Waals surface area contributed by atoms with Gasteiger partial charge in [-0.25, -0.2) is 9.37 Å². The van der Waals surface area contributed by atoms with Gasteiger partial charge in [0.1, 0.15) is 5.82 Å². The lowest BCUT2D eigenvalue weighted by atomic mass is 10.2. The zero-order valence-electron chi connectivity index (χ0n) is 8.05. The number of aromatic nitrogens is 1. The molecule has 0 saturated heterocycles. The Morgan fingerprint density at radius 3 is 2.06 bits per heavy atom. The molecule has 0 N–H and O–H groups in total. The highest BCUT2D eigenvalue weighted by molar-refractivity contribution is 5.53. The second-order valence-electron chi connectivity index (χ2n) is 3.15. The van der Waals surface area contributed by atoms with E-state index >= 15 is 0 Å². The van der Waals surface area contributed by atoms with Crippen molar-refractivity contribution in [2.24, 2.45) is 0 Å². The molecule has 0 unspecified atom stereocenters. The second-order valence-corrected chi connectivity index (χ2v) is 3.15. The lowest BCUT2D eigenvalue weighted by Crippen LogP contribution is -2.07. The van der Waals surface area contributed by atoms with E-state index in [4.69, 9.17) is 0 Å². The summed E-state index contributed by atoms with van der Waals surface area (Å²) in [6.45, 7) is 0. The fourth-order valence-corrected chi connectivity index (χ4v) is 1.19. The van der Waals surface area contributed by atoms with Gasteiger partial charge in [0.15, 0.2) is 0 Å². The summed E-state index contributed by atoms with van der Waals surface area (Å²) in [7, 11) is 0. The average molecular weight is 249 g/mol. The van der Waals surface area contributed by atoms with Crippen LogP contribution in [0.1, 0.15) is 5.69 Å². The van der Waals surface area contributed by atoms with Crippen LogP contribution in [0.25, 0.3) is 11.5 Å². The van der Waals surface area contributed by atoms with Crippen LogP contribution in [0.4, 0.5) is 22.0 Å². The van der Waals surface area contributed by atoms with Crippen molar-refractivity contribution in [3.8, 4) is 11.5 Å². The van der Waals surface area contributed by atoms with Crippen molar-refractivity contribution >= 4 is 0 Å². The van der Waals surface area contributed by atoms with Gasteiger partial charge < -0.3 is 4.42 Å². The molecule has 0 spiro atoms. The first-order valence-electron chi connectivity index (χ1n) is 4.37. The van der Waals surface area contributed by atoms with Crippen LogP contribution in [0.2, 0.25) is 0 Å². The third-order valence-electron chi connectivity index (χ3n) is 1.95. The summed E-state index contributed by atoms with van der Waals surface area (Å²) >= 11 is 0. The van der Waals surface area contributed by atoms with Crippen LogP contribution in [-0.4, -0.2) is 4.98 Å². The Kier molecular flexibility index (Phi) is 2.60. The van der Waals surface area contributed by atoms with E-state index in [0.717, 1.165) is 24.3 Å². The van der Waals surface area contributed by atoms with Gasteiger partial charge in [-0.1, -0.05) is 0 Å². The molecule has 1 aromatic heterocycles. The van der Waals surface area contributed by atoms with E-state index in [1.165, 1.54) is 0 Å². The molecule has 0 aliphatic heterocycles. The largest absolute Gasteiger partial charge is 0.439 e. The maximum Gasteiger partial charge on any atom is 0.439 e. The van der Waals surface area contributed by atoms with E-state index < -0.39 is 29.6 Å². The van der Waals surface area contributed by atoms with E-state index in [9.17, 15) is 22.0 Å². The van der Waals surface area contributed by atoms with Crippen molar-refractivity contribution in [2.75, 3.05) is 0 Å². The van der Waals surface area contributed by atoms with Crippen LogP contribution in [0.15, 0.2) is 28.7 Å². The first-order valence-corrected chi connectivity index (χ1v) is 4.37. The molecule has 90 valence electrons. The van der Waals surface area contributed by atoms with Gasteiger partial charge >= 0.3 is 12.2 Å². The molecule has 0 atom stereocenters. The highest BCUT2D eigenvalue weighted by Gasteiger charge is 2.39. The van der Waals surface area contributed by atoms with E-state index in [1.807, 2.05) is 0 Å². The predicted octanol–water partition coefficient (Wildman–Crippen LogP) is 3.64. The Morgan fingerprint density at radius 1 is 1.00 bits per heavy atom. The molecule has 0 radical (unpaired) electrons. The summed E-state index contributed by atoms with van der Waals surface area (Å²) in [5, 5.41) is 0. The van der Waals surface area contributed by atoms with Crippen molar-refractivity contribution in [3.63, 3.8) is 0 Å². The summed E-state index contributed by atoms with van der Waals surface area (Å²) in [6, 6.07) is 2.48. The molecule has 1 heterocycles. The number of hydrogen-bond donors (Lipinski definition) is 0. The Hall–Kier alpha value is -1.92. The molecule has 0 bridgehead atoms. The Morgan fingerprint density at radius 2 is 1.59 bits per heavy atom. The minimum atomic E-state index is -4.92. The third-order valence-corrected chi connectivity index (χ3v) is 1.95. The Bertz CT molecular complexity index is 529. The van der Waals surface area contributed by atoms with Crippen LogP contribution >= 0.6 is 0 Å². The maximum absolute atomic E-state index is 12.8. The summed E-state index contributed by atoms with van der Waals surface area (Å²) in [5.41, 5.74) is -1.67. The smallest absolute Gasteiger partial charge is 0.410 e. The molecular formula is C10H4F5NO. The highest BCUT2D eigenvalue weighted by atomic mass is 19.4. The SMILES string of the molecule is Fc1ccc(-c2nc(C(F)(F)F)c(F)o2)cc1. The summed E-state index contributed by atoms with van der Waals surface area (Å²) < 4.78 is 66.3. The Labute approximate surface area is 91.7 Å². The molecule has 1 aromatic carbocycles. The molecule has 0 aliphatic rings. The van der Waals surface area contributed by atoms with Gasteiger partial charge in [0, 0.05) is 5.56 Å². The monoisotopic (exact) mass is 249 g/mol. The number of oxazole rings is 1. The van der Waals surface area contributed by atoms with Crippen molar-refractivity contribution < 1.29 is 26.4 Å². The predicted molar refractivity (Wildman–Crippen MR) is 46.9 cm³/mol. The van der Waals surface area contributed by atoms with E-state index in [0.29, 0.717) is 0 Å². The molecule has 7 heteroatoms. The average Bonchev–Trinajstić information content (AvgIpc) is 2.61.